The highest BCUT2D eigenvalue weighted by Gasteiger charge is 2.52. The molecule has 13 heavy (non-hydrogen) atoms. The molecule has 0 heterocycles. The van der Waals surface area contributed by atoms with Gasteiger partial charge in [-0.25, -0.2) is 0 Å². The SMILES string of the molecule is C[C@@H](N)[C@@H]1C[C@@]1(C)c1ccccc1. The second kappa shape index (κ2) is 2.85. The first kappa shape index (κ1) is 8.76. The second-order valence-corrected chi connectivity index (χ2v) is 4.45. The summed E-state index contributed by atoms with van der Waals surface area (Å²) in [6, 6.07) is 11.0. The van der Waals surface area contributed by atoms with Gasteiger partial charge in [0.1, 0.15) is 0 Å². The molecule has 3 atom stereocenters. The van der Waals surface area contributed by atoms with Crippen molar-refractivity contribution in [3.8, 4) is 0 Å². The van der Waals surface area contributed by atoms with Crippen molar-refractivity contribution < 1.29 is 0 Å². The maximum absolute atomic E-state index is 5.91. The number of nitrogens with two attached hydrogens (primary N) is 1. The third-order valence-corrected chi connectivity index (χ3v) is 3.37. The molecule has 0 unspecified atom stereocenters. The van der Waals surface area contributed by atoms with Gasteiger partial charge in [0.05, 0.1) is 0 Å². The van der Waals surface area contributed by atoms with E-state index in [9.17, 15) is 0 Å². The lowest BCUT2D eigenvalue weighted by Gasteiger charge is -2.13. The summed E-state index contributed by atoms with van der Waals surface area (Å²) >= 11 is 0. The Hall–Kier alpha value is -0.820. The zero-order valence-corrected chi connectivity index (χ0v) is 8.33. The minimum Gasteiger partial charge on any atom is -0.328 e. The van der Waals surface area contributed by atoms with E-state index >= 15 is 0 Å². The summed E-state index contributed by atoms with van der Waals surface area (Å²) in [6.45, 7) is 4.43. The van der Waals surface area contributed by atoms with Crippen LogP contribution in [-0.2, 0) is 5.41 Å². The van der Waals surface area contributed by atoms with Crippen molar-refractivity contribution in [2.45, 2.75) is 31.7 Å². The van der Waals surface area contributed by atoms with E-state index in [4.69, 9.17) is 5.73 Å². The molecule has 2 rings (SSSR count). The molecule has 0 radical (unpaired) electrons. The van der Waals surface area contributed by atoms with Crippen LogP contribution in [0.15, 0.2) is 30.3 Å². The summed E-state index contributed by atoms with van der Waals surface area (Å²) in [5, 5.41) is 0. The molecule has 0 aromatic heterocycles. The van der Waals surface area contributed by atoms with Crippen LogP contribution < -0.4 is 5.73 Å². The highest BCUT2D eigenvalue weighted by molar-refractivity contribution is 5.33. The molecule has 0 saturated heterocycles. The lowest BCUT2D eigenvalue weighted by molar-refractivity contribution is 0.564. The van der Waals surface area contributed by atoms with Gasteiger partial charge in [0.25, 0.3) is 0 Å². The smallest absolute Gasteiger partial charge is 0.00474 e. The number of benzene rings is 1. The van der Waals surface area contributed by atoms with E-state index in [0.717, 1.165) is 0 Å². The Kier molecular flexibility index (Phi) is 1.92. The predicted molar refractivity (Wildman–Crippen MR) is 55.6 cm³/mol. The Balaban J connectivity index is 2.21. The Morgan fingerprint density at radius 3 is 2.46 bits per heavy atom. The van der Waals surface area contributed by atoms with Crippen LogP contribution in [0.4, 0.5) is 0 Å². The van der Waals surface area contributed by atoms with Crippen LogP contribution in [0.5, 0.6) is 0 Å². The zero-order valence-electron chi connectivity index (χ0n) is 8.33. The van der Waals surface area contributed by atoms with E-state index in [1.165, 1.54) is 12.0 Å². The first-order chi connectivity index (χ1) is 6.14. The van der Waals surface area contributed by atoms with Gasteiger partial charge in [0, 0.05) is 6.04 Å². The molecule has 1 saturated carbocycles. The standard InChI is InChI=1S/C12H17N/c1-9(13)11-8-12(11,2)10-6-4-3-5-7-10/h3-7,9,11H,8,13H2,1-2H3/t9-,11+,12+/m1/s1. The van der Waals surface area contributed by atoms with Gasteiger partial charge in [0.15, 0.2) is 0 Å². The molecule has 0 aliphatic heterocycles. The van der Waals surface area contributed by atoms with Crippen LogP contribution >= 0.6 is 0 Å². The van der Waals surface area contributed by atoms with Crippen molar-refractivity contribution in [2.75, 3.05) is 0 Å². The summed E-state index contributed by atoms with van der Waals surface area (Å²) in [7, 11) is 0. The Bertz CT molecular complexity index is 291. The van der Waals surface area contributed by atoms with Crippen molar-refractivity contribution >= 4 is 0 Å². The maximum Gasteiger partial charge on any atom is 0.00474 e. The van der Waals surface area contributed by atoms with Crippen molar-refractivity contribution in [2.24, 2.45) is 11.7 Å². The molecular weight excluding hydrogens is 158 g/mol. The average molecular weight is 175 g/mol. The average Bonchev–Trinajstić information content (AvgIpc) is 2.82. The van der Waals surface area contributed by atoms with Crippen LogP contribution in [0.1, 0.15) is 25.8 Å². The molecule has 1 aliphatic carbocycles. The van der Waals surface area contributed by atoms with Crippen LogP contribution in [0.3, 0.4) is 0 Å². The molecule has 1 aromatic rings. The summed E-state index contributed by atoms with van der Waals surface area (Å²) in [6.07, 6.45) is 1.24. The summed E-state index contributed by atoms with van der Waals surface area (Å²) in [5.74, 6) is 0.676. The first-order valence-electron chi connectivity index (χ1n) is 4.96. The summed E-state index contributed by atoms with van der Waals surface area (Å²) in [4.78, 5) is 0. The summed E-state index contributed by atoms with van der Waals surface area (Å²) < 4.78 is 0. The van der Waals surface area contributed by atoms with E-state index in [1.54, 1.807) is 0 Å². The van der Waals surface area contributed by atoms with E-state index in [0.29, 0.717) is 17.4 Å². The van der Waals surface area contributed by atoms with Crippen LogP contribution in [0.25, 0.3) is 0 Å². The fraction of sp³-hybridized carbons (Fsp3) is 0.500. The van der Waals surface area contributed by atoms with Crippen molar-refractivity contribution in [1.82, 2.24) is 0 Å². The molecule has 1 aliphatic rings. The second-order valence-electron chi connectivity index (χ2n) is 4.45. The fourth-order valence-electron chi connectivity index (χ4n) is 2.31. The van der Waals surface area contributed by atoms with Gasteiger partial charge in [-0.1, -0.05) is 37.3 Å². The molecular formula is C12H17N. The molecule has 1 fully saturated rings. The van der Waals surface area contributed by atoms with Crippen LogP contribution in [0, 0.1) is 5.92 Å². The highest BCUT2D eigenvalue weighted by Crippen LogP contribution is 2.54. The molecule has 1 heteroatoms. The van der Waals surface area contributed by atoms with E-state index in [-0.39, 0.29) is 0 Å². The van der Waals surface area contributed by atoms with Gasteiger partial charge in [-0.15, -0.1) is 0 Å². The van der Waals surface area contributed by atoms with E-state index in [1.807, 2.05) is 0 Å². The quantitative estimate of drug-likeness (QED) is 0.733. The number of hydrogen-bond acceptors (Lipinski definition) is 1. The van der Waals surface area contributed by atoms with Crippen molar-refractivity contribution in [3.05, 3.63) is 35.9 Å². The molecule has 1 aromatic carbocycles. The Labute approximate surface area is 80.0 Å². The lowest BCUT2D eigenvalue weighted by Crippen LogP contribution is -2.22. The molecule has 0 bridgehead atoms. The summed E-state index contributed by atoms with van der Waals surface area (Å²) in [5.41, 5.74) is 7.71. The number of hydrogen-bond donors (Lipinski definition) is 1. The van der Waals surface area contributed by atoms with Gasteiger partial charge in [-0.3, -0.25) is 0 Å². The van der Waals surface area contributed by atoms with E-state index in [2.05, 4.69) is 44.2 Å². The fourth-order valence-corrected chi connectivity index (χ4v) is 2.31. The van der Waals surface area contributed by atoms with Gasteiger partial charge in [-0.2, -0.15) is 0 Å². The zero-order chi connectivity index (χ0) is 9.47. The first-order valence-corrected chi connectivity index (χ1v) is 4.96. The lowest BCUT2D eigenvalue weighted by atomic mass is 9.94. The minimum absolute atomic E-state index is 0.324. The van der Waals surface area contributed by atoms with Crippen molar-refractivity contribution in [1.29, 1.82) is 0 Å². The molecule has 1 nitrogen and oxygen atoms in total. The topological polar surface area (TPSA) is 26.0 Å². The molecule has 2 N–H and O–H groups in total. The van der Waals surface area contributed by atoms with Gasteiger partial charge in [0.2, 0.25) is 0 Å². The largest absolute Gasteiger partial charge is 0.328 e. The predicted octanol–water partition coefficient (Wildman–Crippen LogP) is 2.31. The van der Waals surface area contributed by atoms with Crippen molar-refractivity contribution in [3.63, 3.8) is 0 Å². The molecule has 70 valence electrons. The monoisotopic (exact) mass is 175 g/mol. The van der Waals surface area contributed by atoms with Crippen LogP contribution in [-0.4, -0.2) is 6.04 Å². The highest BCUT2D eigenvalue weighted by atomic mass is 14.7. The minimum atomic E-state index is 0.324. The van der Waals surface area contributed by atoms with E-state index < -0.39 is 0 Å². The third kappa shape index (κ3) is 1.37. The van der Waals surface area contributed by atoms with Gasteiger partial charge >= 0.3 is 0 Å². The van der Waals surface area contributed by atoms with Gasteiger partial charge in [-0.05, 0) is 30.2 Å². The molecule has 0 spiro atoms. The van der Waals surface area contributed by atoms with Gasteiger partial charge < -0.3 is 5.73 Å². The Morgan fingerprint density at radius 2 is 2.00 bits per heavy atom. The third-order valence-electron chi connectivity index (χ3n) is 3.37. The van der Waals surface area contributed by atoms with Crippen LogP contribution in [0.2, 0.25) is 0 Å². The normalized spacial score (nSPS) is 34.2. The Morgan fingerprint density at radius 1 is 1.38 bits per heavy atom. The maximum atomic E-state index is 5.91. The number of rotatable bonds is 2. The molecule has 0 amide bonds.